The highest BCUT2D eigenvalue weighted by Gasteiger charge is 2.07. The van der Waals surface area contributed by atoms with Crippen LogP contribution < -0.4 is 10.5 Å². The van der Waals surface area contributed by atoms with Crippen molar-refractivity contribution in [1.29, 1.82) is 0 Å². The molecule has 1 heterocycles. The molecular weight excluding hydrogens is 221 g/mol. The van der Waals surface area contributed by atoms with Crippen molar-refractivity contribution >= 4 is 0 Å². The quantitative estimate of drug-likeness (QED) is 0.874. The minimum Gasteiger partial charge on any atom is -0.494 e. The second kappa shape index (κ2) is 4.97. The van der Waals surface area contributed by atoms with Crippen LogP contribution in [0.5, 0.6) is 5.75 Å². The van der Waals surface area contributed by atoms with Gasteiger partial charge in [0.1, 0.15) is 0 Å². The third-order valence-corrected chi connectivity index (χ3v) is 2.53. The van der Waals surface area contributed by atoms with Crippen molar-refractivity contribution in [3.63, 3.8) is 0 Å². The fraction of sp³-hybridized carbons (Fsp3) is 0.250. The first kappa shape index (κ1) is 11.6. The smallest absolute Gasteiger partial charge is 0.167 e. The predicted molar refractivity (Wildman–Crippen MR) is 62.8 cm³/mol. The van der Waals surface area contributed by atoms with Gasteiger partial charge in [0, 0.05) is 30.1 Å². The molecular formula is C12H14FN3O. The Kier molecular flexibility index (Phi) is 3.39. The van der Waals surface area contributed by atoms with E-state index in [-0.39, 0.29) is 5.75 Å². The van der Waals surface area contributed by atoms with E-state index in [9.17, 15) is 4.39 Å². The van der Waals surface area contributed by atoms with Crippen LogP contribution in [0.2, 0.25) is 0 Å². The number of hydrogen-bond donors (Lipinski definition) is 1. The van der Waals surface area contributed by atoms with E-state index in [1.165, 1.54) is 13.2 Å². The average Bonchev–Trinajstić information content (AvgIpc) is 2.78. The average molecular weight is 235 g/mol. The minimum absolute atomic E-state index is 0.231. The van der Waals surface area contributed by atoms with E-state index >= 15 is 0 Å². The van der Waals surface area contributed by atoms with E-state index in [4.69, 9.17) is 10.5 Å². The maximum absolute atomic E-state index is 13.6. The summed E-state index contributed by atoms with van der Waals surface area (Å²) in [6.45, 7) is 0.532. The molecule has 0 spiro atoms. The van der Waals surface area contributed by atoms with Crippen molar-refractivity contribution in [2.75, 3.05) is 13.7 Å². The number of hydrogen-bond acceptors (Lipinski definition) is 3. The summed E-state index contributed by atoms with van der Waals surface area (Å²) in [5, 5.41) is 0. The second-order valence-electron chi connectivity index (χ2n) is 3.61. The molecule has 0 saturated heterocycles. The van der Waals surface area contributed by atoms with E-state index in [2.05, 4.69) is 4.98 Å². The first-order chi connectivity index (χ1) is 8.26. The fourth-order valence-electron chi connectivity index (χ4n) is 1.69. The lowest BCUT2D eigenvalue weighted by Crippen LogP contribution is -2.07. The molecule has 5 heteroatoms. The second-order valence-corrected chi connectivity index (χ2v) is 3.61. The van der Waals surface area contributed by atoms with Crippen LogP contribution in [0.15, 0.2) is 30.7 Å². The van der Waals surface area contributed by atoms with Gasteiger partial charge in [-0.2, -0.15) is 0 Å². The van der Waals surface area contributed by atoms with Crippen molar-refractivity contribution in [2.24, 2.45) is 5.73 Å². The Labute approximate surface area is 98.8 Å². The van der Waals surface area contributed by atoms with Gasteiger partial charge in [-0.1, -0.05) is 0 Å². The summed E-state index contributed by atoms with van der Waals surface area (Å²) in [6.07, 6.45) is 4.08. The van der Waals surface area contributed by atoms with Gasteiger partial charge in [-0.05, 0) is 18.7 Å². The number of benzene rings is 1. The van der Waals surface area contributed by atoms with Crippen LogP contribution in [0, 0.1) is 5.82 Å². The molecule has 1 aromatic heterocycles. The first-order valence-corrected chi connectivity index (χ1v) is 5.31. The van der Waals surface area contributed by atoms with Gasteiger partial charge in [0.15, 0.2) is 11.6 Å². The highest BCUT2D eigenvalue weighted by molar-refractivity contribution is 5.39. The monoisotopic (exact) mass is 235 g/mol. The van der Waals surface area contributed by atoms with Crippen LogP contribution in [-0.2, 0) is 6.42 Å². The molecule has 2 rings (SSSR count). The molecule has 90 valence electrons. The summed E-state index contributed by atoms with van der Waals surface area (Å²) in [7, 11) is 1.44. The van der Waals surface area contributed by atoms with Gasteiger partial charge < -0.3 is 15.0 Å². The lowest BCUT2D eigenvalue weighted by molar-refractivity contribution is 0.386. The first-order valence-electron chi connectivity index (χ1n) is 5.31. The molecule has 4 nitrogen and oxygen atoms in total. The number of nitrogens with two attached hydrogens (primary N) is 1. The molecule has 0 radical (unpaired) electrons. The van der Waals surface area contributed by atoms with Gasteiger partial charge >= 0.3 is 0 Å². The Bertz CT molecular complexity index is 510. The molecule has 0 unspecified atom stereocenters. The maximum atomic E-state index is 13.6. The van der Waals surface area contributed by atoms with Gasteiger partial charge in [0.05, 0.1) is 13.4 Å². The minimum atomic E-state index is -0.391. The number of methoxy groups -OCH3 is 1. The summed E-state index contributed by atoms with van der Waals surface area (Å²) in [5.41, 5.74) is 7.17. The highest BCUT2D eigenvalue weighted by atomic mass is 19.1. The predicted octanol–water partition coefficient (Wildman–Crippen LogP) is 1.52. The zero-order valence-corrected chi connectivity index (χ0v) is 9.56. The molecule has 0 aliphatic heterocycles. The molecule has 0 aliphatic rings. The van der Waals surface area contributed by atoms with E-state index in [1.54, 1.807) is 24.7 Å². The van der Waals surface area contributed by atoms with Crippen molar-refractivity contribution in [1.82, 2.24) is 9.55 Å². The normalized spacial score (nSPS) is 10.5. The van der Waals surface area contributed by atoms with E-state index in [1.807, 2.05) is 4.57 Å². The van der Waals surface area contributed by atoms with Crippen molar-refractivity contribution in [3.05, 3.63) is 42.2 Å². The Morgan fingerprint density at radius 3 is 2.94 bits per heavy atom. The number of halogens is 1. The van der Waals surface area contributed by atoms with Crippen LogP contribution in [0.1, 0.15) is 5.69 Å². The zero-order chi connectivity index (χ0) is 12.3. The standard InChI is InChI=1S/C12H14FN3O/c1-17-12-3-2-9(6-11(12)13)16-8-15-7-10(16)4-5-14/h2-3,6-8H,4-5,14H2,1H3. The lowest BCUT2D eigenvalue weighted by Gasteiger charge is -2.09. The number of rotatable bonds is 4. The molecule has 2 N–H and O–H groups in total. The van der Waals surface area contributed by atoms with Crippen LogP contribution >= 0.6 is 0 Å². The molecule has 0 saturated carbocycles. The fourth-order valence-corrected chi connectivity index (χ4v) is 1.69. The van der Waals surface area contributed by atoms with E-state index in [0.717, 1.165) is 5.69 Å². The summed E-state index contributed by atoms with van der Waals surface area (Å²) < 4.78 is 20.3. The van der Waals surface area contributed by atoms with Crippen molar-refractivity contribution in [2.45, 2.75) is 6.42 Å². The molecule has 0 atom stereocenters. The number of nitrogens with zero attached hydrogens (tertiary/aromatic N) is 2. The Hall–Kier alpha value is -1.88. The Morgan fingerprint density at radius 2 is 2.29 bits per heavy atom. The van der Waals surface area contributed by atoms with Gasteiger partial charge in [-0.25, -0.2) is 9.37 Å². The third-order valence-electron chi connectivity index (χ3n) is 2.53. The third kappa shape index (κ3) is 2.29. The summed E-state index contributed by atoms with van der Waals surface area (Å²) >= 11 is 0. The van der Waals surface area contributed by atoms with Crippen LogP contribution in [0.4, 0.5) is 4.39 Å². The van der Waals surface area contributed by atoms with Gasteiger partial charge in [-0.15, -0.1) is 0 Å². The molecule has 0 aliphatic carbocycles. The van der Waals surface area contributed by atoms with Gasteiger partial charge in [0.2, 0.25) is 0 Å². The van der Waals surface area contributed by atoms with Crippen LogP contribution in [0.3, 0.4) is 0 Å². The van der Waals surface area contributed by atoms with Gasteiger partial charge in [0.25, 0.3) is 0 Å². The molecule has 0 amide bonds. The Balaban J connectivity index is 2.39. The lowest BCUT2D eigenvalue weighted by atomic mass is 10.2. The Morgan fingerprint density at radius 1 is 1.47 bits per heavy atom. The molecule has 0 fully saturated rings. The van der Waals surface area contributed by atoms with E-state index in [0.29, 0.717) is 18.7 Å². The van der Waals surface area contributed by atoms with E-state index < -0.39 is 5.82 Å². The molecule has 0 bridgehead atoms. The number of ether oxygens (including phenoxy) is 1. The SMILES string of the molecule is COc1ccc(-n2cncc2CCN)cc1F. The zero-order valence-electron chi connectivity index (χ0n) is 9.56. The number of aromatic nitrogens is 2. The molecule has 17 heavy (non-hydrogen) atoms. The molecule has 1 aromatic carbocycles. The van der Waals surface area contributed by atoms with Crippen molar-refractivity contribution < 1.29 is 9.13 Å². The molecule has 2 aromatic rings. The van der Waals surface area contributed by atoms with Crippen molar-refractivity contribution in [3.8, 4) is 11.4 Å². The summed E-state index contributed by atoms with van der Waals surface area (Å²) in [4.78, 5) is 4.04. The maximum Gasteiger partial charge on any atom is 0.167 e. The van der Waals surface area contributed by atoms with Gasteiger partial charge in [-0.3, -0.25) is 0 Å². The number of imidazole rings is 1. The topological polar surface area (TPSA) is 53.1 Å². The largest absolute Gasteiger partial charge is 0.494 e. The summed E-state index contributed by atoms with van der Waals surface area (Å²) in [6, 6.07) is 4.79. The summed E-state index contributed by atoms with van der Waals surface area (Å²) in [5.74, 6) is -0.161. The van der Waals surface area contributed by atoms with Crippen LogP contribution in [-0.4, -0.2) is 23.2 Å². The highest BCUT2D eigenvalue weighted by Crippen LogP contribution is 2.21. The van der Waals surface area contributed by atoms with Crippen LogP contribution in [0.25, 0.3) is 5.69 Å².